The predicted octanol–water partition coefficient (Wildman–Crippen LogP) is 4.69. The molecule has 0 aliphatic carbocycles. The SMILES string of the molecule is CC(C)(C)OC(=O)NC(Cc1ccccc1)C(=O)N1C2CCCC1(C)CC2(C)C. The monoisotopic (exact) mass is 400 g/mol. The summed E-state index contributed by atoms with van der Waals surface area (Å²) < 4.78 is 5.46. The van der Waals surface area contributed by atoms with Crippen LogP contribution < -0.4 is 5.32 Å². The smallest absolute Gasteiger partial charge is 0.408 e. The number of benzene rings is 1. The van der Waals surface area contributed by atoms with Crippen LogP contribution in [0.15, 0.2) is 30.3 Å². The lowest BCUT2D eigenvalue weighted by atomic mass is 9.82. The van der Waals surface area contributed by atoms with Gasteiger partial charge in [-0.1, -0.05) is 44.2 Å². The Labute approximate surface area is 175 Å². The van der Waals surface area contributed by atoms with Crippen LogP contribution in [-0.4, -0.2) is 40.1 Å². The Morgan fingerprint density at radius 2 is 1.86 bits per heavy atom. The van der Waals surface area contributed by atoms with E-state index in [1.54, 1.807) is 0 Å². The van der Waals surface area contributed by atoms with Gasteiger partial charge in [0.2, 0.25) is 5.91 Å². The highest BCUT2D eigenvalue weighted by atomic mass is 16.6. The molecule has 2 aliphatic rings. The summed E-state index contributed by atoms with van der Waals surface area (Å²) in [4.78, 5) is 28.4. The van der Waals surface area contributed by atoms with Crippen molar-refractivity contribution in [2.24, 2.45) is 5.41 Å². The summed E-state index contributed by atoms with van der Waals surface area (Å²) in [5, 5.41) is 2.88. The van der Waals surface area contributed by atoms with Gasteiger partial charge >= 0.3 is 6.09 Å². The fraction of sp³-hybridized carbons (Fsp3) is 0.667. The number of rotatable bonds is 4. The molecule has 160 valence electrons. The van der Waals surface area contributed by atoms with Crippen molar-refractivity contribution in [3.05, 3.63) is 35.9 Å². The normalized spacial score (nSPS) is 26.7. The van der Waals surface area contributed by atoms with E-state index < -0.39 is 17.7 Å². The fourth-order valence-electron chi connectivity index (χ4n) is 5.40. The number of alkyl carbamates (subject to hydrolysis) is 1. The number of fused-ring (bicyclic) bond motifs is 2. The molecule has 1 aromatic rings. The number of hydrogen-bond donors (Lipinski definition) is 1. The van der Waals surface area contributed by atoms with Crippen LogP contribution in [0.5, 0.6) is 0 Å². The van der Waals surface area contributed by atoms with Gasteiger partial charge in [-0.05, 0) is 64.4 Å². The summed E-state index contributed by atoms with van der Waals surface area (Å²) in [6, 6.07) is 9.43. The molecule has 0 spiro atoms. The molecule has 1 N–H and O–H groups in total. The molecule has 0 aromatic heterocycles. The van der Waals surface area contributed by atoms with Gasteiger partial charge in [0, 0.05) is 18.0 Å². The van der Waals surface area contributed by atoms with Crippen molar-refractivity contribution < 1.29 is 14.3 Å². The van der Waals surface area contributed by atoms with E-state index in [2.05, 4.69) is 31.0 Å². The van der Waals surface area contributed by atoms with E-state index in [1.165, 1.54) is 0 Å². The topological polar surface area (TPSA) is 58.6 Å². The first-order chi connectivity index (χ1) is 13.4. The van der Waals surface area contributed by atoms with E-state index in [-0.39, 0.29) is 22.9 Å². The van der Waals surface area contributed by atoms with Crippen molar-refractivity contribution in [1.29, 1.82) is 0 Å². The zero-order valence-corrected chi connectivity index (χ0v) is 18.7. The Morgan fingerprint density at radius 1 is 1.21 bits per heavy atom. The molecule has 3 unspecified atom stereocenters. The van der Waals surface area contributed by atoms with Crippen molar-refractivity contribution >= 4 is 12.0 Å². The van der Waals surface area contributed by atoms with Crippen LogP contribution in [0.1, 0.15) is 72.8 Å². The number of carbonyl (C=O) groups is 2. The highest BCUT2D eigenvalue weighted by Gasteiger charge is 2.57. The molecule has 1 aromatic carbocycles. The lowest BCUT2D eigenvalue weighted by molar-refractivity contribution is -0.142. The molecule has 2 amide bonds. The molecule has 3 atom stereocenters. The second-order valence-corrected chi connectivity index (χ2v) is 10.7. The Balaban J connectivity index is 1.86. The van der Waals surface area contributed by atoms with Gasteiger partial charge in [-0.2, -0.15) is 0 Å². The van der Waals surface area contributed by atoms with Crippen LogP contribution in [0.3, 0.4) is 0 Å². The quantitative estimate of drug-likeness (QED) is 0.797. The van der Waals surface area contributed by atoms with Gasteiger partial charge in [-0.15, -0.1) is 0 Å². The molecule has 2 fully saturated rings. The van der Waals surface area contributed by atoms with E-state index >= 15 is 0 Å². The van der Waals surface area contributed by atoms with Crippen LogP contribution in [0.2, 0.25) is 0 Å². The van der Waals surface area contributed by atoms with Crippen LogP contribution in [-0.2, 0) is 16.0 Å². The fourth-order valence-corrected chi connectivity index (χ4v) is 5.40. The Bertz CT molecular complexity index is 753. The minimum atomic E-state index is -0.638. The lowest BCUT2D eigenvalue weighted by Crippen LogP contribution is -2.59. The summed E-state index contributed by atoms with van der Waals surface area (Å²) in [7, 11) is 0. The van der Waals surface area contributed by atoms with Crippen molar-refractivity contribution in [2.45, 2.75) is 96.9 Å². The molecule has 5 heteroatoms. The van der Waals surface area contributed by atoms with Crippen LogP contribution in [0, 0.1) is 5.41 Å². The minimum absolute atomic E-state index is 0.0116. The lowest BCUT2D eigenvalue weighted by Gasteiger charge is -2.45. The summed E-state index contributed by atoms with van der Waals surface area (Å²) in [5.74, 6) is 0.0116. The van der Waals surface area contributed by atoms with Crippen LogP contribution >= 0.6 is 0 Å². The van der Waals surface area contributed by atoms with E-state index in [1.807, 2.05) is 51.1 Å². The molecule has 3 rings (SSSR count). The third-order valence-corrected chi connectivity index (χ3v) is 6.33. The molecular weight excluding hydrogens is 364 g/mol. The van der Waals surface area contributed by atoms with Crippen molar-refractivity contribution in [3.8, 4) is 0 Å². The summed E-state index contributed by atoms with van der Waals surface area (Å²) in [5.41, 5.74) is 0.358. The molecule has 2 bridgehead atoms. The largest absolute Gasteiger partial charge is 0.444 e. The zero-order chi connectivity index (χ0) is 21.4. The third kappa shape index (κ3) is 4.76. The molecule has 2 saturated heterocycles. The first-order valence-electron chi connectivity index (χ1n) is 10.8. The maximum atomic E-state index is 13.8. The number of amides is 2. The molecule has 0 radical (unpaired) electrons. The number of hydrogen-bond acceptors (Lipinski definition) is 3. The van der Waals surface area contributed by atoms with Gasteiger partial charge in [0.05, 0.1) is 0 Å². The molecule has 5 nitrogen and oxygen atoms in total. The Hall–Kier alpha value is -2.04. The second-order valence-electron chi connectivity index (χ2n) is 10.7. The Morgan fingerprint density at radius 3 is 2.45 bits per heavy atom. The predicted molar refractivity (Wildman–Crippen MR) is 115 cm³/mol. The average Bonchev–Trinajstić information content (AvgIpc) is 2.70. The number of ether oxygens (including phenoxy) is 1. The van der Waals surface area contributed by atoms with E-state index in [4.69, 9.17) is 4.74 Å². The van der Waals surface area contributed by atoms with Crippen molar-refractivity contribution in [3.63, 3.8) is 0 Å². The number of piperidine rings is 1. The van der Waals surface area contributed by atoms with Crippen molar-refractivity contribution in [2.75, 3.05) is 0 Å². The Kier molecular flexibility index (Phi) is 5.72. The molecule has 29 heavy (non-hydrogen) atoms. The molecular formula is C24H36N2O3. The average molecular weight is 401 g/mol. The van der Waals surface area contributed by atoms with E-state index in [0.717, 1.165) is 31.2 Å². The highest BCUT2D eigenvalue weighted by molar-refractivity contribution is 5.87. The zero-order valence-electron chi connectivity index (χ0n) is 18.7. The standard InChI is InChI=1S/C24H36N2O3/c1-22(2,3)29-21(28)25-18(15-17-11-8-7-9-12-17)20(27)26-19-13-10-14-24(26,6)16-23(19,4)5/h7-9,11-12,18-19H,10,13-16H2,1-6H3,(H,25,28). The maximum Gasteiger partial charge on any atom is 0.408 e. The maximum absolute atomic E-state index is 13.8. The summed E-state index contributed by atoms with van der Waals surface area (Å²) in [6.07, 6.45) is 4.11. The van der Waals surface area contributed by atoms with Gasteiger partial charge < -0.3 is 15.0 Å². The van der Waals surface area contributed by atoms with Crippen LogP contribution in [0.4, 0.5) is 4.79 Å². The van der Waals surface area contributed by atoms with Gasteiger partial charge in [-0.25, -0.2) is 4.79 Å². The minimum Gasteiger partial charge on any atom is -0.444 e. The first-order valence-corrected chi connectivity index (χ1v) is 10.8. The second kappa shape index (κ2) is 7.66. The highest BCUT2D eigenvalue weighted by Crippen LogP contribution is 2.53. The number of nitrogens with zero attached hydrogens (tertiary/aromatic N) is 1. The number of nitrogens with one attached hydrogen (secondary N) is 1. The summed E-state index contributed by atoms with van der Waals surface area (Å²) in [6.45, 7) is 12.2. The van der Waals surface area contributed by atoms with Gasteiger partial charge in [0.25, 0.3) is 0 Å². The first kappa shape index (κ1) is 21.7. The summed E-state index contributed by atoms with van der Waals surface area (Å²) >= 11 is 0. The number of carbonyl (C=O) groups excluding carboxylic acids is 2. The van der Waals surface area contributed by atoms with Gasteiger partial charge in [0.1, 0.15) is 11.6 Å². The van der Waals surface area contributed by atoms with Crippen molar-refractivity contribution in [1.82, 2.24) is 10.2 Å². The third-order valence-electron chi connectivity index (χ3n) is 6.33. The molecule has 0 saturated carbocycles. The van der Waals surface area contributed by atoms with Gasteiger partial charge in [0.15, 0.2) is 0 Å². The van der Waals surface area contributed by atoms with Crippen LogP contribution in [0.25, 0.3) is 0 Å². The van der Waals surface area contributed by atoms with E-state index in [0.29, 0.717) is 6.42 Å². The van der Waals surface area contributed by atoms with E-state index in [9.17, 15) is 9.59 Å². The van der Waals surface area contributed by atoms with Gasteiger partial charge in [-0.3, -0.25) is 4.79 Å². The molecule has 2 aliphatic heterocycles. The molecule has 2 heterocycles.